The third kappa shape index (κ3) is 5.57. The first kappa shape index (κ1) is 25.4. The van der Waals surface area contributed by atoms with E-state index >= 15 is 0 Å². The molecule has 1 aromatic rings. The van der Waals surface area contributed by atoms with E-state index in [0.717, 1.165) is 50.5 Å². The highest BCUT2D eigenvalue weighted by atomic mass is 16.7. The lowest BCUT2D eigenvalue weighted by Gasteiger charge is -2.37. The van der Waals surface area contributed by atoms with E-state index in [2.05, 4.69) is 20.1 Å². The van der Waals surface area contributed by atoms with Crippen LogP contribution in [0.1, 0.15) is 41.5 Å². The van der Waals surface area contributed by atoms with Crippen LogP contribution in [0.3, 0.4) is 0 Å². The number of aromatic nitrogens is 1. The molecule has 0 spiro atoms. The van der Waals surface area contributed by atoms with Gasteiger partial charge < -0.3 is 24.4 Å². The molecule has 3 aliphatic heterocycles. The molecule has 0 amide bonds. The summed E-state index contributed by atoms with van der Waals surface area (Å²) in [5, 5.41) is 5.14. The lowest BCUT2D eigenvalue weighted by atomic mass is 9.80. The molecule has 0 radical (unpaired) electrons. The summed E-state index contributed by atoms with van der Waals surface area (Å²) in [6, 6.07) is 4.04. The second-order valence-corrected chi connectivity index (χ2v) is 11.2. The zero-order chi connectivity index (χ0) is 24.6. The van der Waals surface area contributed by atoms with Crippen LogP contribution >= 0.6 is 0 Å². The van der Waals surface area contributed by atoms with Gasteiger partial charge in [-0.1, -0.05) is 6.07 Å². The van der Waals surface area contributed by atoms with Gasteiger partial charge in [0.05, 0.1) is 29.7 Å². The number of carbonyl (C=O) groups excluding carboxylic acids is 1. The van der Waals surface area contributed by atoms with Crippen molar-refractivity contribution in [2.75, 3.05) is 63.8 Å². The number of hydrogen-bond acceptors (Lipinski definition) is 9. The van der Waals surface area contributed by atoms with Gasteiger partial charge in [-0.05, 0) is 47.6 Å². The van der Waals surface area contributed by atoms with E-state index in [1.54, 1.807) is 5.06 Å². The van der Waals surface area contributed by atoms with Crippen molar-refractivity contribution >= 4 is 24.4 Å². The third-order valence-corrected chi connectivity index (χ3v) is 7.45. The van der Waals surface area contributed by atoms with Crippen LogP contribution < -0.4 is 15.7 Å². The molecule has 188 valence electrons. The number of hydroxylamine groups is 2. The van der Waals surface area contributed by atoms with E-state index < -0.39 is 12.5 Å². The van der Waals surface area contributed by atoms with E-state index in [4.69, 9.17) is 14.1 Å². The summed E-state index contributed by atoms with van der Waals surface area (Å²) in [6.07, 6.45) is 1.84. The average molecular weight is 473 g/mol. The van der Waals surface area contributed by atoms with E-state index in [0.29, 0.717) is 19.6 Å². The Hall–Kier alpha value is -1.72. The standard InChI is InChI=1S/C24H40BN5O4/c1-22(2,18-28-11-9-26-10-12-28)21(31)32-30-15-13-29(14-16-30)20-8-7-19(17-27-20)25-33-23(3,4)24(5,6)34-25/h7-8,17,26H,9-16,18H2,1-6H3. The van der Waals surface area contributed by atoms with Gasteiger partial charge in [0.25, 0.3) is 0 Å². The van der Waals surface area contributed by atoms with Gasteiger partial charge in [-0.3, -0.25) is 4.90 Å². The number of anilines is 1. The molecule has 0 unspecified atom stereocenters. The van der Waals surface area contributed by atoms with Crippen molar-refractivity contribution in [2.45, 2.75) is 52.7 Å². The Morgan fingerprint density at radius 2 is 1.68 bits per heavy atom. The van der Waals surface area contributed by atoms with E-state index in [-0.39, 0.29) is 17.2 Å². The highest BCUT2D eigenvalue weighted by molar-refractivity contribution is 6.62. The predicted octanol–water partition coefficient (Wildman–Crippen LogP) is 0.892. The fourth-order valence-electron chi connectivity index (χ4n) is 4.45. The molecule has 1 aromatic heterocycles. The van der Waals surface area contributed by atoms with Crippen molar-refractivity contribution in [1.82, 2.24) is 20.3 Å². The largest absolute Gasteiger partial charge is 0.496 e. The fraction of sp³-hybridized carbons (Fsp3) is 0.750. The SMILES string of the molecule is CC(C)(CN1CCNCC1)C(=O)ON1CCN(c2ccc(B3OC(C)(C)C(C)(C)O3)cn2)CC1. The minimum absolute atomic E-state index is 0.163. The predicted molar refractivity (Wildman–Crippen MR) is 133 cm³/mol. The molecule has 3 aliphatic rings. The van der Waals surface area contributed by atoms with Gasteiger partial charge in [-0.25, -0.2) is 9.78 Å². The summed E-state index contributed by atoms with van der Waals surface area (Å²) in [5.41, 5.74) is -0.367. The van der Waals surface area contributed by atoms with Gasteiger partial charge in [0.1, 0.15) is 5.82 Å². The molecule has 3 saturated heterocycles. The molecule has 4 heterocycles. The molecule has 4 rings (SSSR count). The lowest BCUT2D eigenvalue weighted by Crippen LogP contribution is -2.51. The van der Waals surface area contributed by atoms with Gasteiger partial charge in [-0.15, -0.1) is 5.06 Å². The lowest BCUT2D eigenvalue weighted by molar-refractivity contribution is -0.203. The molecule has 10 heteroatoms. The van der Waals surface area contributed by atoms with Crippen molar-refractivity contribution < 1.29 is 18.9 Å². The summed E-state index contributed by atoms with van der Waals surface area (Å²) < 4.78 is 12.2. The zero-order valence-electron chi connectivity index (χ0n) is 21.6. The monoisotopic (exact) mass is 473 g/mol. The van der Waals surface area contributed by atoms with Crippen molar-refractivity contribution in [3.05, 3.63) is 18.3 Å². The molecule has 0 saturated carbocycles. The van der Waals surface area contributed by atoms with Gasteiger partial charge >= 0.3 is 13.1 Å². The number of carbonyl (C=O) groups is 1. The maximum atomic E-state index is 12.9. The Morgan fingerprint density at radius 3 is 2.24 bits per heavy atom. The van der Waals surface area contributed by atoms with E-state index in [9.17, 15) is 4.79 Å². The molecule has 3 fully saturated rings. The van der Waals surface area contributed by atoms with E-state index in [1.807, 2.05) is 59.9 Å². The smallest absolute Gasteiger partial charge is 0.399 e. The van der Waals surface area contributed by atoms with Crippen molar-refractivity contribution in [3.8, 4) is 0 Å². The first-order valence-corrected chi connectivity index (χ1v) is 12.4. The zero-order valence-corrected chi connectivity index (χ0v) is 21.6. The second-order valence-electron chi connectivity index (χ2n) is 11.2. The number of hydrogen-bond donors (Lipinski definition) is 1. The van der Waals surface area contributed by atoms with Crippen molar-refractivity contribution in [1.29, 1.82) is 0 Å². The topological polar surface area (TPSA) is 79.4 Å². The molecular weight excluding hydrogens is 433 g/mol. The summed E-state index contributed by atoms with van der Waals surface area (Å²) in [7, 11) is -0.410. The van der Waals surface area contributed by atoms with Crippen molar-refractivity contribution in [2.24, 2.45) is 5.41 Å². The minimum Gasteiger partial charge on any atom is -0.399 e. The number of nitrogens with zero attached hydrogens (tertiary/aromatic N) is 4. The van der Waals surface area contributed by atoms with Crippen LogP contribution in [0.2, 0.25) is 0 Å². The minimum atomic E-state index is -0.542. The van der Waals surface area contributed by atoms with Crippen LogP contribution in [0, 0.1) is 5.41 Å². The van der Waals surface area contributed by atoms with Crippen molar-refractivity contribution in [3.63, 3.8) is 0 Å². The van der Waals surface area contributed by atoms with Crippen LogP contribution in [0.15, 0.2) is 18.3 Å². The fourth-order valence-corrected chi connectivity index (χ4v) is 4.45. The van der Waals surface area contributed by atoms with Crippen LogP contribution in [0.4, 0.5) is 5.82 Å². The second kappa shape index (κ2) is 9.74. The molecule has 9 nitrogen and oxygen atoms in total. The highest BCUT2D eigenvalue weighted by Crippen LogP contribution is 2.36. The Balaban J connectivity index is 1.26. The van der Waals surface area contributed by atoms with Gasteiger partial charge in [0, 0.05) is 57.5 Å². The molecular formula is C24H40BN5O4. The van der Waals surface area contributed by atoms with Crippen LogP contribution in [0.25, 0.3) is 0 Å². The summed E-state index contributed by atoms with van der Waals surface area (Å²) in [5.74, 6) is 0.745. The Morgan fingerprint density at radius 1 is 1.06 bits per heavy atom. The molecule has 1 N–H and O–H groups in total. The summed E-state index contributed by atoms with van der Waals surface area (Å²) >= 11 is 0. The van der Waals surface area contributed by atoms with Crippen LogP contribution in [-0.2, 0) is 18.9 Å². The molecule has 0 aliphatic carbocycles. The summed E-state index contributed by atoms with van der Waals surface area (Å²) in [6.45, 7) is 19.5. The quantitative estimate of drug-likeness (QED) is 0.606. The number of pyridine rings is 1. The van der Waals surface area contributed by atoms with Crippen LogP contribution in [0.5, 0.6) is 0 Å². The molecule has 0 bridgehead atoms. The van der Waals surface area contributed by atoms with Gasteiger partial charge in [0.2, 0.25) is 0 Å². The van der Waals surface area contributed by atoms with Crippen LogP contribution in [-0.4, -0.2) is 98.1 Å². The first-order chi connectivity index (χ1) is 16.0. The van der Waals surface area contributed by atoms with E-state index in [1.165, 1.54) is 0 Å². The molecule has 34 heavy (non-hydrogen) atoms. The molecule has 0 atom stereocenters. The normalized spacial score (nSPS) is 23.8. The Bertz CT molecular complexity index is 833. The van der Waals surface area contributed by atoms with Gasteiger partial charge in [0.15, 0.2) is 0 Å². The highest BCUT2D eigenvalue weighted by Gasteiger charge is 2.51. The third-order valence-electron chi connectivity index (χ3n) is 7.45. The number of rotatable bonds is 6. The number of nitrogens with one attached hydrogen (secondary N) is 1. The van der Waals surface area contributed by atoms with Gasteiger partial charge in [-0.2, -0.15) is 0 Å². The molecule has 0 aromatic carbocycles. The summed E-state index contributed by atoms with van der Waals surface area (Å²) in [4.78, 5) is 27.8. The average Bonchev–Trinajstić information content (AvgIpc) is 3.01. The maximum Gasteiger partial charge on any atom is 0.496 e. The Kier molecular flexibility index (Phi) is 7.27. The number of piperazine rings is 2. The maximum absolute atomic E-state index is 12.9. The first-order valence-electron chi connectivity index (χ1n) is 12.4. The Labute approximate surface area is 204 Å².